The molecule has 3 heterocycles. The third-order valence-electron chi connectivity index (χ3n) is 6.46. The monoisotopic (exact) mass is 375 g/mol. The Morgan fingerprint density at radius 1 is 1.18 bits per heavy atom. The van der Waals surface area contributed by atoms with Crippen molar-refractivity contribution in [1.82, 2.24) is 14.5 Å². The quantitative estimate of drug-likeness (QED) is 0.758. The van der Waals surface area contributed by atoms with Crippen molar-refractivity contribution < 1.29 is 9.52 Å². The Morgan fingerprint density at radius 2 is 2.04 bits per heavy atom. The van der Waals surface area contributed by atoms with Crippen LogP contribution in [0.3, 0.4) is 0 Å². The number of benzene rings is 1. The lowest BCUT2D eigenvalue weighted by molar-refractivity contribution is 0.0245. The second-order valence-corrected chi connectivity index (χ2v) is 7.86. The minimum Gasteiger partial charge on any atom is -0.465 e. The van der Waals surface area contributed by atoms with Gasteiger partial charge in [-0.15, -0.1) is 0 Å². The molecule has 144 valence electrons. The minimum atomic E-state index is -0.431. The Bertz CT molecular complexity index is 938. The maximum absolute atomic E-state index is 11.5. The van der Waals surface area contributed by atoms with Crippen LogP contribution >= 0.6 is 0 Å². The second kappa shape index (κ2) is 7.08. The Hall–Kier alpha value is -2.63. The van der Waals surface area contributed by atoms with Crippen molar-refractivity contribution in [3.63, 3.8) is 0 Å². The highest BCUT2D eigenvalue weighted by atomic mass is 16.3. The van der Waals surface area contributed by atoms with E-state index in [2.05, 4.69) is 44.8 Å². The molecule has 3 aromatic rings. The van der Waals surface area contributed by atoms with Crippen LogP contribution in [0.5, 0.6) is 0 Å². The van der Waals surface area contributed by atoms with E-state index in [0.717, 1.165) is 38.2 Å². The fourth-order valence-electron chi connectivity index (χ4n) is 5.00. The van der Waals surface area contributed by atoms with Crippen LogP contribution in [0.25, 0.3) is 6.08 Å². The highest BCUT2D eigenvalue weighted by Crippen LogP contribution is 2.52. The third kappa shape index (κ3) is 2.82. The molecule has 0 unspecified atom stereocenters. The lowest BCUT2D eigenvalue weighted by Crippen LogP contribution is -2.48. The summed E-state index contributed by atoms with van der Waals surface area (Å²) in [6, 6.07) is 12.4. The zero-order chi connectivity index (χ0) is 19.0. The van der Waals surface area contributed by atoms with Gasteiger partial charge in [-0.25, -0.2) is 4.98 Å². The molecule has 5 heteroatoms. The number of nitrogens with zero attached hydrogens (tertiary/aromatic N) is 3. The fraction of sp³-hybridized carbons (Fsp3) is 0.348. The first-order valence-corrected chi connectivity index (χ1v) is 9.95. The summed E-state index contributed by atoms with van der Waals surface area (Å²) in [6.07, 6.45) is 12.9. The summed E-state index contributed by atoms with van der Waals surface area (Å²) in [5.74, 6) is 0.886. The molecule has 1 aromatic carbocycles. The molecule has 2 aliphatic rings. The van der Waals surface area contributed by atoms with Crippen LogP contribution in [0.1, 0.15) is 35.8 Å². The standard InChI is InChI=1S/C23H25N3O2/c27-22-21(26-15-11-24-17-26)19-7-1-2-8-20(19)23(22)9-13-25(14-10-23)12-3-5-18-6-4-16-28-18/h1-8,11,15-17,21-22,27H,9-10,12-14H2/b5-3+/t21-,22+/m1/s1. The zero-order valence-corrected chi connectivity index (χ0v) is 15.8. The van der Waals surface area contributed by atoms with Gasteiger partial charge in [0.2, 0.25) is 0 Å². The van der Waals surface area contributed by atoms with Crippen LogP contribution in [0.15, 0.2) is 71.9 Å². The van der Waals surface area contributed by atoms with Crippen LogP contribution in [-0.2, 0) is 5.41 Å². The van der Waals surface area contributed by atoms with Gasteiger partial charge in [-0.05, 0) is 55.3 Å². The van der Waals surface area contributed by atoms with Crippen LogP contribution in [0.4, 0.5) is 0 Å². The van der Waals surface area contributed by atoms with Gasteiger partial charge in [0.1, 0.15) is 5.76 Å². The number of furan rings is 1. The predicted octanol–water partition coefficient (Wildman–Crippen LogP) is 3.49. The summed E-state index contributed by atoms with van der Waals surface area (Å²) >= 11 is 0. The number of likely N-dealkylation sites (tertiary alicyclic amines) is 1. The number of piperidine rings is 1. The molecule has 1 spiro atoms. The molecule has 2 atom stereocenters. The number of hydrogen-bond acceptors (Lipinski definition) is 4. The molecule has 28 heavy (non-hydrogen) atoms. The highest BCUT2D eigenvalue weighted by molar-refractivity contribution is 5.46. The lowest BCUT2D eigenvalue weighted by atomic mass is 9.72. The molecular formula is C23H25N3O2. The largest absolute Gasteiger partial charge is 0.465 e. The SMILES string of the molecule is O[C@H]1[C@H](n2ccnc2)c2ccccc2C12CCN(C/C=C/c1ccco1)CC2. The first-order valence-electron chi connectivity index (χ1n) is 9.95. The number of fused-ring (bicyclic) bond motifs is 2. The van der Waals surface area contributed by atoms with Crippen molar-refractivity contribution >= 4 is 6.08 Å². The predicted molar refractivity (Wildman–Crippen MR) is 108 cm³/mol. The molecule has 0 saturated carbocycles. The van der Waals surface area contributed by atoms with Gasteiger partial charge in [-0.1, -0.05) is 30.3 Å². The van der Waals surface area contributed by atoms with Crippen LogP contribution < -0.4 is 0 Å². The van der Waals surface area contributed by atoms with E-state index in [0.29, 0.717) is 0 Å². The summed E-state index contributed by atoms with van der Waals surface area (Å²) in [6.45, 7) is 2.86. The van der Waals surface area contributed by atoms with E-state index in [4.69, 9.17) is 4.42 Å². The summed E-state index contributed by atoms with van der Waals surface area (Å²) in [4.78, 5) is 6.65. The van der Waals surface area contributed by atoms with Crippen molar-refractivity contribution in [2.75, 3.05) is 19.6 Å². The molecule has 1 aliphatic carbocycles. The number of aliphatic hydroxyl groups is 1. The average molecular weight is 375 g/mol. The number of imidazole rings is 1. The Labute approximate surface area is 164 Å². The van der Waals surface area contributed by atoms with Gasteiger partial charge in [0.15, 0.2) is 0 Å². The first-order chi connectivity index (χ1) is 13.8. The van der Waals surface area contributed by atoms with Gasteiger partial charge in [0, 0.05) is 24.4 Å². The van der Waals surface area contributed by atoms with Gasteiger partial charge in [0.25, 0.3) is 0 Å². The summed E-state index contributed by atoms with van der Waals surface area (Å²) in [5, 5.41) is 11.5. The number of aliphatic hydroxyl groups excluding tert-OH is 1. The van der Waals surface area contributed by atoms with Crippen LogP contribution in [0.2, 0.25) is 0 Å². The molecule has 5 nitrogen and oxygen atoms in total. The number of aromatic nitrogens is 2. The maximum Gasteiger partial charge on any atom is 0.126 e. The molecule has 1 fully saturated rings. The molecule has 1 N–H and O–H groups in total. The summed E-state index contributed by atoms with van der Waals surface area (Å²) < 4.78 is 7.41. The Kier molecular flexibility index (Phi) is 4.41. The minimum absolute atomic E-state index is 0.0518. The van der Waals surface area contributed by atoms with E-state index in [9.17, 15) is 5.11 Å². The molecule has 0 bridgehead atoms. The van der Waals surface area contributed by atoms with E-state index in [1.807, 2.05) is 30.7 Å². The molecule has 0 amide bonds. The van der Waals surface area contributed by atoms with E-state index in [1.54, 1.807) is 12.5 Å². The van der Waals surface area contributed by atoms with Crippen molar-refractivity contribution in [2.24, 2.45) is 0 Å². The third-order valence-corrected chi connectivity index (χ3v) is 6.46. The normalized spacial score (nSPS) is 24.2. The molecular weight excluding hydrogens is 350 g/mol. The van der Waals surface area contributed by atoms with Crippen molar-refractivity contribution in [3.05, 3.63) is 84.3 Å². The van der Waals surface area contributed by atoms with Crippen molar-refractivity contribution in [1.29, 1.82) is 0 Å². The van der Waals surface area contributed by atoms with Gasteiger partial charge in [0.05, 0.1) is 24.7 Å². The van der Waals surface area contributed by atoms with E-state index in [1.165, 1.54) is 11.1 Å². The van der Waals surface area contributed by atoms with Crippen LogP contribution in [-0.4, -0.2) is 45.3 Å². The van der Waals surface area contributed by atoms with Gasteiger partial charge in [-0.3, -0.25) is 4.90 Å². The van der Waals surface area contributed by atoms with Gasteiger partial charge in [-0.2, -0.15) is 0 Å². The maximum atomic E-state index is 11.5. The van der Waals surface area contributed by atoms with E-state index in [-0.39, 0.29) is 11.5 Å². The average Bonchev–Trinajstić information content (AvgIpc) is 3.46. The Morgan fingerprint density at radius 3 is 2.79 bits per heavy atom. The number of rotatable bonds is 4. The molecule has 2 aromatic heterocycles. The van der Waals surface area contributed by atoms with Crippen LogP contribution in [0, 0.1) is 0 Å². The highest BCUT2D eigenvalue weighted by Gasteiger charge is 2.52. The molecule has 1 saturated heterocycles. The van der Waals surface area contributed by atoms with Crippen molar-refractivity contribution in [2.45, 2.75) is 30.4 Å². The summed E-state index contributed by atoms with van der Waals surface area (Å²) in [7, 11) is 0. The smallest absolute Gasteiger partial charge is 0.126 e. The summed E-state index contributed by atoms with van der Waals surface area (Å²) in [5.41, 5.74) is 2.37. The van der Waals surface area contributed by atoms with Crippen molar-refractivity contribution in [3.8, 4) is 0 Å². The molecule has 0 radical (unpaired) electrons. The molecule has 5 rings (SSSR count). The van der Waals surface area contributed by atoms with E-state index < -0.39 is 6.10 Å². The second-order valence-electron chi connectivity index (χ2n) is 7.86. The first kappa shape index (κ1) is 17.5. The Balaban J connectivity index is 1.35. The lowest BCUT2D eigenvalue weighted by Gasteiger charge is -2.42. The number of hydrogen-bond donors (Lipinski definition) is 1. The van der Waals surface area contributed by atoms with Gasteiger partial charge >= 0.3 is 0 Å². The van der Waals surface area contributed by atoms with E-state index >= 15 is 0 Å². The molecule has 1 aliphatic heterocycles. The topological polar surface area (TPSA) is 54.4 Å². The van der Waals surface area contributed by atoms with Gasteiger partial charge < -0.3 is 14.1 Å². The zero-order valence-electron chi connectivity index (χ0n) is 15.8. The fourth-order valence-corrected chi connectivity index (χ4v) is 5.00.